The van der Waals surface area contributed by atoms with Gasteiger partial charge in [-0.2, -0.15) is 0 Å². The number of hydrogen-bond acceptors (Lipinski definition) is 3. The summed E-state index contributed by atoms with van der Waals surface area (Å²) >= 11 is 0. The van der Waals surface area contributed by atoms with Crippen LogP contribution in [-0.2, 0) is 6.42 Å². The summed E-state index contributed by atoms with van der Waals surface area (Å²) in [5.41, 5.74) is 2.49. The number of nitrogens with one attached hydrogen (secondary N) is 1. The third-order valence-corrected chi connectivity index (χ3v) is 3.27. The zero-order valence-electron chi connectivity index (χ0n) is 11.3. The molecule has 0 aliphatic heterocycles. The number of aromatic nitrogens is 3. The molecule has 3 aromatic rings. The maximum atomic E-state index is 12.1. The highest BCUT2D eigenvalue weighted by atomic mass is 16.1. The van der Waals surface area contributed by atoms with Gasteiger partial charge in [-0.15, -0.1) is 0 Å². The minimum atomic E-state index is -0.149. The molecule has 1 N–H and O–H groups in total. The average molecular weight is 265 g/mol. The molecule has 0 aliphatic carbocycles. The van der Waals surface area contributed by atoms with E-state index in [0.717, 1.165) is 18.4 Å². The van der Waals surface area contributed by atoms with Crippen molar-refractivity contribution in [1.82, 2.24) is 15.0 Å². The smallest absolute Gasteiger partial charge is 0.260 e. The first-order valence-corrected chi connectivity index (χ1v) is 6.73. The summed E-state index contributed by atoms with van der Waals surface area (Å²) in [6.45, 7) is 2.13. The minimum absolute atomic E-state index is 0.149. The molecule has 2 heterocycles. The molecule has 100 valence electrons. The van der Waals surface area contributed by atoms with E-state index in [0.29, 0.717) is 16.9 Å². The second-order valence-electron chi connectivity index (χ2n) is 4.70. The third-order valence-electron chi connectivity index (χ3n) is 3.27. The molecule has 20 heavy (non-hydrogen) atoms. The minimum Gasteiger partial charge on any atom is -0.306 e. The van der Waals surface area contributed by atoms with Gasteiger partial charge in [0.25, 0.3) is 5.56 Å². The van der Waals surface area contributed by atoms with Gasteiger partial charge in [-0.25, -0.2) is 9.97 Å². The van der Waals surface area contributed by atoms with Gasteiger partial charge in [0.05, 0.1) is 5.39 Å². The number of hydrogen-bond donors (Lipinski definition) is 1. The lowest BCUT2D eigenvalue weighted by Gasteiger charge is -2.08. The standard InChI is InChI=1S/C16H15N3O/c1-2-6-11-7-3-4-8-12(11)15-18-14-13(16(20)19-15)9-5-10-17-14/h3-5,7-10H,2,6H2,1H3,(H,17,18,19,20). The number of nitrogens with zero attached hydrogens (tertiary/aromatic N) is 2. The Kier molecular flexibility index (Phi) is 3.29. The summed E-state index contributed by atoms with van der Waals surface area (Å²) < 4.78 is 0. The van der Waals surface area contributed by atoms with Crippen molar-refractivity contribution >= 4 is 11.0 Å². The molecular weight excluding hydrogens is 250 g/mol. The largest absolute Gasteiger partial charge is 0.306 e. The molecule has 0 aliphatic rings. The van der Waals surface area contributed by atoms with Crippen molar-refractivity contribution in [2.45, 2.75) is 19.8 Å². The first kappa shape index (κ1) is 12.5. The highest BCUT2D eigenvalue weighted by molar-refractivity contribution is 5.75. The molecule has 0 saturated heterocycles. The van der Waals surface area contributed by atoms with Crippen molar-refractivity contribution in [3.63, 3.8) is 0 Å². The fourth-order valence-corrected chi connectivity index (χ4v) is 2.34. The molecule has 0 saturated carbocycles. The predicted molar refractivity (Wildman–Crippen MR) is 79.6 cm³/mol. The Morgan fingerprint density at radius 3 is 2.85 bits per heavy atom. The van der Waals surface area contributed by atoms with E-state index in [-0.39, 0.29) is 5.56 Å². The summed E-state index contributed by atoms with van der Waals surface area (Å²) in [7, 11) is 0. The Labute approximate surface area is 116 Å². The van der Waals surface area contributed by atoms with Crippen LogP contribution in [0, 0.1) is 0 Å². The van der Waals surface area contributed by atoms with Gasteiger partial charge < -0.3 is 4.98 Å². The van der Waals surface area contributed by atoms with E-state index in [1.54, 1.807) is 18.3 Å². The predicted octanol–water partition coefficient (Wildman–Crippen LogP) is 2.94. The Bertz CT molecular complexity index is 808. The second-order valence-corrected chi connectivity index (χ2v) is 4.70. The van der Waals surface area contributed by atoms with Crippen molar-refractivity contribution in [3.8, 4) is 11.4 Å². The van der Waals surface area contributed by atoms with E-state index in [1.165, 1.54) is 5.56 Å². The Hall–Kier alpha value is -2.49. The van der Waals surface area contributed by atoms with Crippen LogP contribution in [0.4, 0.5) is 0 Å². The Morgan fingerprint density at radius 2 is 2.00 bits per heavy atom. The van der Waals surface area contributed by atoms with Crippen LogP contribution in [0.5, 0.6) is 0 Å². The number of benzene rings is 1. The number of rotatable bonds is 3. The number of aromatic amines is 1. The second kappa shape index (κ2) is 5.25. The lowest BCUT2D eigenvalue weighted by molar-refractivity contribution is 0.920. The van der Waals surface area contributed by atoms with Gasteiger partial charge in [-0.05, 0) is 24.1 Å². The highest BCUT2D eigenvalue weighted by Crippen LogP contribution is 2.21. The van der Waals surface area contributed by atoms with Crippen LogP contribution in [0.1, 0.15) is 18.9 Å². The van der Waals surface area contributed by atoms with Crippen molar-refractivity contribution in [1.29, 1.82) is 0 Å². The van der Waals surface area contributed by atoms with Gasteiger partial charge in [-0.1, -0.05) is 37.6 Å². The Balaban J connectivity index is 2.23. The van der Waals surface area contributed by atoms with E-state index in [9.17, 15) is 4.79 Å². The molecule has 4 nitrogen and oxygen atoms in total. The molecule has 0 unspecified atom stereocenters. The van der Waals surface area contributed by atoms with Crippen LogP contribution < -0.4 is 5.56 Å². The van der Waals surface area contributed by atoms with Crippen LogP contribution in [0.15, 0.2) is 47.4 Å². The normalized spacial score (nSPS) is 10.8. The quantitative estimate of drug-likeness (QED) is 0.792. The molecule has 0 radical (unpaired) electrons. The van der Waals surface area contributed by atoms with Crippen LogP contribution in [0.2, 0.25) is 0 Å². The van der Waals surface area contributed by atoms with Gasteiger partial charge in [0.1, 0.15) is 5.82 Å². The molecule has 2 aromatic heterocycles. The number of fused-ring (bicyclic) bond motifs is 1. The van der Waals surface area contributed by atoms with Gasteiger partial charge in [0, 0.05) is 11.8 Å². The molecular formula is C16H15N3O. The molecule has 0 amide bonds. The summed E-state index contributed by atoms with van der Waals surface area (Å²) in [5.74, 6) is 0.588. The summed E-state index contributed by atoms with van der Waals surface area (Å²) in [6, 6.07) is 11.5. The molecule has 0 fully saturated rings. The van der Waals surface area contributed by atoms with Crippen LogP contribution in [0.3, 0.4) is 0 Å². The lowest BCUT2D eigenvalue weighted by atomic mass is 10.0. The van der Waals surface area contributed by atoms with E-state index in [1.807, 2.05) is 18.2 Å². The molecule has 0 atom stereocenters. The van der Waals surface area contributed by atoms with Crippen LogP contribution in [-0.4, -0.2) is 15.0 Å². The topological polar surface area (TPSA) is 58.6 Å². The fourth-order valence-electron chi connectivity index (χ4n) is 2.34. The van der Waals surface area contributed by atoms with E-state index in [2.05, 4.69) is 27.9 Å². The SMILES string of the molecule is CCCc1ccccc1-c1nc2ncccc2c(=O)[nH]1. The highest BCUT2D eigenvalue weighted by Gasteiger charge is 2.09. The lowest BCUT2D eigenvalue weighted by Crippen LogP contribution is -2.10. The monoisotopic (exact) mass is 265 g/mol. The van der Waals surface area contributed by atoms with Gasteiger partial charge in [-0.3, -0.25) is 4.79 Å². The number of aryl methyl sites for hydroxylation is 1. The third kappa shape index (κ3) is 2.20. The van der Waals surface area contributed by atoms with Gasteiger partial charge >= 0.3 is 0 Å². The maximum absolute atomic E-state index is 12.1. The van der Waals surface area contributed by atoms with Crippen LogP contribution in [0.25, 0.3) is 22.4 Å². The maximum Gasteiger partial charge on any atom is 0.260 e. The number of pyridine rings is 1. The van der Waals surface area contributed by atoms with Crippen molar-refractivity contribution in [3.05, 3.63) is 58.5 Å². The summed E-state index contributed by atoms with van der Waals surface area (Å²) in [4.78, 5) is 23.6. The molecule has 0 bridgehead atoms. The zero-order chi connectivity index (χ0) is 13.9. The van der Waals surface area contributed by atoms with Gasteiger partial charge in [0.2, 0.25) is 0 Å². The van der Waals surface area contributed by atoms with E-state index in [4.69, 9.17) is 0 Å². The van der Waals surface area contributed by atoms with Crippen molar-refractivity contribution in [2.24, 2.45) is 0 Å². The number of H-pyrrole nitrogens is 1. The Morgan fingerprint density at radius 1 is 1.15 bits per heavy atom. The zero-order valence-corrected chi connectivity index (χ0v) is 11.3. The molecule has 1 aromatic carbocycles. The van der Waals surface area contributed by atoms with Crippen molar-refractivity contribution < 1.29 is 0 Å². The molecule has 0 spiro atoms. The first-order valence-electron chi connectivity index (χ1n) is 6.73. The van der Waals surface area contributed by atoms with Crippen molar-refractivity contribution in [2.75, 3.05) is 0 Å². The fraction of sp³-hybridized carbons (Fsp3) is 0.188. The first-order chi connectivity index (χ1) is 9.79. The molecule has 3 rings (SSSR count). The van der Waals surface area contributed by atoms with E-state index < -0.39 is 0 Å². The van der Waals surface area contributed by atoms with Gasteiger partial charge in [0.15, 0.2) is 5.65 Å². The van der Waals surface area contributed by atoms with E-state index >= 15 is 0 Å². The summed E-state index contributed by atoms with van der Waals surface area (Å²) in [5, 5.41) is 0.518. The summed E-state index contributed by atoms with van der Waals surface area (Å²) in [6.07, 6.45) is 3.66. The van der Waals surface area contributed by atoms with Crippen LogP contribution >= 0.6 is 0 Å². The average Bonchev–Trinajstić information content (AvgIpc) is 2.48. The molecule has 4 heteroatoms.